The van der Waals surface area contributed by atoms with E-state index in [0.717, 1.165) is 21.0 Å². The van der Waals surface area contributed by atoms with E-state index in [-0.39, 0.29) is 11.9 Å². The van der Waals surface area contributed by atoms with Crippen molar-refractivity contribution in [3.8, 4) is 0 Å². The zero-order chi connectivity index (χ0) is 16.3. The highest BCUT2D eigenvalue weighted by Crippen LogP contribution is 2.26. The number of rotatable bonds is 5. The molecule has 1 atom stereocenters. The highest BCUT2D eigenvalue weighted by Gasteiger charge is 2.19. The van der Waals surface area contributed by atoms with Gasteiger partial charge in [0.05, 0.1) is 10.9 Å². The normalized spacial score (nSPS) is 12.5. The van der Waals surface area contributed by atoms with Gasteiger partial charge in [-0.3, -0.25) is 4.79 Å². The third-order valence-corrected chi connectivity index (χ3v) is 5.23. The van der Waals surface area contributed by atoms with Gasteiger partial charge < -0.3 is 10.2 Å². The van der Waals surface area contributed by atoms with Gasteiger partial charge >= 0.3 is 0 Å². The van der Waals surface area contributed by atoms with Crippen LogP contribution in [0.5, 0.6) is 0 Å². The van der Waals surface area contributed by atoms with Crippen LogP contribution in [0.15, 0.2) is 30.3 Å². The Bertz CT molecular complexity index is 647. The van der Waals surface area contributed by atoms with Crippen molar-refractivity contribution in [2.45, 2.75) is 19.9 Å². The lowest BCUT2D eigenvalue weighted by atomic mass is 10.1. The number of carbonyl (C=O) groups is 1. The van der Waals surface area contributed by atoms with Gasteiger partial charge in [0, 0.05) is 16.4 Å². The number of aryl methyl sites for hydroxylation is 2. The topological polar surface area (TPSA) is 32.3 Å². The first-order valence-electron chi connectivity index (χ1n) is 7.16. The van der Waals surface area contributed by atoms with Crippen LogP contribution in [0.25, 0.3) is 0 Å². The average molecular weight is 337 g/mol. The first-order valence-corrected chi connectivity index (χ1v) is 8.35. The maximum atomic E-state index is 12.3. The third-order valence-electron chi connectivity index (χ3n) is 3.73. The number of halogens is 1. The van der Waals surface area contributed by atoms with Crippen molar-refractivity contribution in [3.05, 3.63) is 56.2 Å². The standard InChI is InChI=1S/C17H21ClN2OS/c1-11-9-16(22-12(11)2)17(21)19-10-15(20(3)4)13-7-5-6-8-14(13)18/h5-9,15H,10H2,1-4H3,(H,19,21). The molecule has 0 saturated heterocycles. The summed E-state index contributed by atoms with van der Waals surface area (Å²) >= 11 is 7.81. The summed E-state index contributed by atoms with van der Waals surface area (Å²) in [5.41, 5.74) is 2.18. The van der Waals surface area contributed by atoms with Crippen LogP contribution in [0.3, 0.4) is 0 Å². The Morgan fingerprint density at radius 2 is 2.00 bits per heavy atom. The molecule has 0 aliphatic rings. The summed E-state index contributed by atoms with van der Waals surface area (Å²) in [6.07, 6.45) is 0. The van der Waals surface area contributed by atoms with E-state index in [1.54, 1.807) is 0 Å². The molecule has 2 aromatic rings. The summed E-state index contributed by atoms with van der Waals surface area (Å²) in [5, 5.41) is 3.74. The van der Waals surface area contributed by atoms with Crippen LogP contribution >= 0.6 is 22.9 Å². The molecule has 0 aliphatic carbocycles. The molecule has 3 nitrogen and oxygen atoms in total. The summed E-state index contributed by atoms with van der Waals surface area (Å²) in [6.45, 7) is 4.57. The molecule has 0 spiro atoms. The number of likely N-dealkylation sites (N-methyl/N-ethyl adjacent to an activating group) is 1. The molecule has 0 fully saturated rings. The second-order valence-corrected chi connectivity index (χ2v) is 7.22. The SMILES string of the molecule is Cc1cc(C(=O)NCC(c2ccccc2Cl)N(C)C)sc1C. The second kappa shape index (κ2) is 7.27. The minimum Gasteiger partial charge on any atom is -0.349 e. The number of hydrogen-bond donors (Lipinski definition) is 1. The zero-order valence-electron chi connectivity index (χ0n) is 13.3. The highest BCUT2D eigenvalue weighted by molar-refractivity contribution is 7.14. The Morgan fingerprint density at radius 3 is 2.55 bits per heavy atom. The first kappa shape index (κ1) is 17.0. The van der Waals surface area contributed by atoms with Gasteiger partial charge in [0.15, 0.2) is 0 Å². The van der Waals surface area contributed by atoms with E-state index in [4.69, 9.17) is 11.6 Å². The predicted molar refractivity (Wildman–Crippen MR) is 94.0 cm³/mol. The van der Waals surface area contributed by atoms with Gasteiger partial charge in [-0.15, -0.1) is 11.3 Å². The number of hydrogen-bond acceptors (Lipinski definition) is 3. The van der Waals surface area contributed by atoms with Crippen molar-refractivity contribution in [2.75, 3.05) is 20.6 Å². The van der Waals surface area contributed by atoms with Gasteiger partial charge in [-0.1, -0.05) is 29.8 Å². The molecule has 0 saturated carbocycles. The number of amides is 1. The Hall–Kier alpha value is -1.36. The van der Waals surface area contributed by atoms with E-state index in [1.165, 1.54) is 16.2 Å². The summed E-state index contributed by atoms with van der Waals surface area (Å²) < 4.78 is 0. The molecule has 1 N–H and O–H groups in total. The molecule has 0 bridgehead atoms. The van der Waals surface area contributed by atoms with Crippen molar-refractivity contribution in [1.82, 2.24) is 10.2 Å². The average Bonchev–Trinajstić information content (AvgIpc) is 2.80. The second-order valence-electron chi connectivity index (χ2n) is 5.56. The lowest BCUT2D eigenvalue weighted by Crippen LogP contribution is -2.34. The van der Waals surface area contributed by atoms with Crippen LogP contribution in [0.1, 0.15) is 31.7 Å². The van der Waals surface area contributed by atoms with Crippen LogP contribution in [0.2, 0.25) is 5.02 Å². The molecule has 1 heterocycles. The van der Waals surface area contributed by atoms with Crippen LogP contribution in [-0.2, 0) is 0 Å². The largest absolute Gasteiger partial charge is 0.349 e. The van der Waals surface area contributed by atoms with Crippen LogP contribution < -0.4 is 5.32 Å². The quantitative estimate of drug-likeness (QED) is 0.893. The van der Waals surface area contributed by atoms with Crippen LogP contribution in [-0.4, -0.2) is 31.4 Å². The monoisotopic (exact) mass is 336 g/mol. The maximum Gasteiger partial charge on any atom is 0.261 e. The van der Waals surface area contributed by atoms with Gasteiger partial charge in [-0.05, 0) is 51.2 Å². The van der Waals surface area contributed by atoms with E-state index in [2.05, 4.69) is 10.2 Å². The summed E-state index contributed by atoms with van der Waals surface area (Å²) in [7, 11) is 3.97. The molecule has 2 rings (SSSR count). The number of nitrogens with one attached hydrogen (secondary N) is 1. The fraction of sp³-hybridized carbons (Fsp3) is 0.353. The highest BCUT2D eigenvalue weighted by atomic mass is 35.5. The Kier molecular flexibility index (Phi) is 5.62. The van der Waals surface area contributed by atoms with Gasteiger partial charge in [-0.2, -0.15) is 0 Å². The first-order chi connectivity index (χ1) is 10.4. The molecule has 0 radical (unpaired) electrons. The van der Waals surface area contributed by atoms with Crippen molar-refractivity contribution in [1.29, 1.82) is 0 Å². The van der Waals surface area contributed by atoms with Crippen molar-refractivity contribution in [2.24, 2.45) is 0 Å². The number of thiophene rings is 1. The Morgan fingerprint density at radius 1 is 1.32 bits per heavy atom. The molecule has 22 heavy (non-hydrogen) atoms. The van der Waals surface area contributed by atoms with E-state index in [0.29, 0.717) is 6.54 Å². The molecular weight excluding hydrogens is 316 g/mol. The predicted octanol–water partition coefficient (Wildman–Crippen LogP) is 4.05. The fourth-order valence-corrected chi connectivity index (χ4v) is 3.49. The molecule has 1 amide bonds. The lowest BCUT2D eigenvalue weighted by molar-refractivity contribution is 0.0946. The van der Waals surface area contributed by atoms with E-state index < -0.39 is 0 Å². The van der Waals surface area contributed by atoms with E-state index in [9.17, 15) is 4.79 Å². The van der Waals surface area contributed by atoms with Crippen molar-refractivity contribution in [3.63, 3.8) is 0 Å². The zero-order valence-corrected chi connectivity index (χ0v) is 14.9. The van der Waals surface area contributed by atoms with Gasteiger partial charge in [-0.25, -0.2) is 0 Å². The molecular formula is C17H21ClN2OS. The number of carbonyl (C=O) groups excluding carboxylic acids is 1. The lowest BCUT2D eigenvalue weighted by Gasteiger charge is -2.25. The molecule has 118 valence electrons. The molecule has 1 aromatic heterocycles. The minimum atomic E-state index is -0.0277. The van der Waals surface area contributed by atoms with Crippen LogP contribution in [0, 0.1) is 13.8 Å². The fourth-order valence-electron chi connectivity index (χ4n) is 2.28. The van der Waals surface area contributed by atoms with E-state index >= 15 is 0 Å². The van der Waals surface area contributed by atoms with Crippen molar-refractivity contribution < 1.29 is 4.79 Å². The Balaban J connectivity index is 2.10. The maximum absolute atomic E-state index is 12.3. The van der Waals surface area contributed by atoms with Gasteiger partial charge in [0.2, 0.25) is 0 Å². The number of benzene rings is 1. The Labute approximate surface area is 140 Å². The third kappa shape index (κ3) is 3.88. The minimum absolute atomic E-state index is 0.0277. The van der Waals surface area contributed by atoms with Gasteiger partial charge in [0.25, 0.3) is 5.91 Å². The summed E-state index contributed by atoms with van der Waals surface area (Å²) in [5.74, 6) is -0.0277. The van der Waals surface area contributed by atoms with Crippen LogP contribution in [0.4, 0.5) is 0 Å². The summed E-state index contributed by atoms with van der Waals surface area (Å²) in [6, 6.07) is 9.73. The smallest absolute Gasteiger partial charge is 0.261 e. The molecule has 0 aliphatic heterocycles. The van der Waals surface area contributed by atoms with E-state index in [1.807, 2.05) is 58.3 Å². The molecule has 5 heteroatoms. The number of nitrogens with zero attached hydrogens (tertiary/aromatic N) is 1. The van der Waals surface area contributed by atoms with Crippen molar-refractivity contribution >= 4 is 28.8 Å². The summed E-state index contributed by atoms with van der Waals surface area (Å²) in [4.78, 5) is 16.3. The van der Waals surface area contributed by atoms with Gasteiger partial charge in [0.1, 0.15) is 0 Å². The molecule has 1 aromatic carbocycles. The molecule has 1 unspecified atom stereocenters.